The van der Waals surface area contributed by atoms with Gasteiger partial charge >= 0.3 is 36.0 Å². The van der Waals surface area contributed by atoms with Crippen molar-refractivity contribution in [1.82, 2.24) is 29.0 Å². The molecule has 2 N–H and O–H groups in total. The number of carbonyl (C=O) groups excluding carboxylic acids is 4. The molecular formula is C40H32N6O9+2. The lowest BCUT2D eigenvalue weighted by molar-refractivity contribution is -0.145. The summed E-state index contributed by atoms with van der Waals surface area (Å²) < 4.78 is 4.82. The number of carbonyl (C=O) groups is 6. The Morgan fingerprint density at radius 2 is 1.25 bits per heavy atom. The van der Waals surface area contributed by atoms with Gasteiger partial charge in [0.25, 0.3) is 0 Å². The van der Waals surface area contributed by atoms with E-state index in [-0.39, 0.29) is 44.1 Å². The highest BCUT2D eigenvalue weighted by molar-refractivity contribution is 6.10. The molecule has 3 aromatic rings. The van der Waals surface area contributed by atoms with E-state index < -0.39 is 62.3 Å². The third-order valence-electron chi connectivity index (χ3n) is 11.5. The Balaban J connectivity index is 1.22. The molecule has 1 aromatic heterocycles. The van der Waals surface area contributed by atoms with Gasteiger partial charge in [0.15, 0.2) is 34.4 Å². The summed E-state index contributed by atoms with van der Waals surface area (Å²) in [5, 5.41) is 29.5. The second kappa shape index (κ2) is 12.1. The number of carboxylic acid groups (broad SMARTS) is 2. The van der Waals surface area contributed by atoms with Crippen molar-refractivity contribution in [2.75, 3.05) is 0 Å². The SMILES string of the molecule is O=C(O)N1C(=O)CC[C@H]1C(=O)[N+]1(c2nnc([N+]3(C(=O)[C@]4(Cc5ccccc5)C(Cc5ccccc5)CC(=O)N4C(=O)O)C4=CC=C3C=C4)o2)C2=CC=C1C=C2. The van der Waals surface area contributed by atoms with Crippen molar-refractivity contribution < 1.29 is 43.4 Å². The van der Waals surface area contributed by atoms with E-state index in [9.17, 15) is 34.2 Å². The van der Waals surface area contributed by atoms with Crippen LogP contribution in [0.25, 0.3) is 0 Å². The number of quaternary nitrogens is 2. The van der Waals surface area contributed by atoms with E-state index >= 15 is 4.79 Å². The van der Waals surface area contributed by atoms with Gasteiger partial charge in [-0.3, -0.25) is 9.59 Å². The Kier molecular flexibility index (Phi) is 7.47. The van der Waals surface area contributed by atoms with E-state index in [4.69, 9.17) is 4.42 Å². The first-order valence-corrected chi connectivity index (χ1v) is 17.7. The zero-order valence-electron chi connectivity index (χ0n) is 29.0. The van der Waals surface area contributed by atoms with Crippen LogP contribution in [0.3, 0.4) is 0 Å². The molecule has 2 fully saturated rings. The predicted octanol–water partition coefficient (Wildman–Crippen LogP) is 4.86. The van der Waals surface area contributed by atoms with Crippen molar-refractivity contribution in [3.05, 3.63) is 143 Å². The number of nitrogens with zero attached hydrogens (tertiary/aromatic N) is 6. The Bertz CT molecular complexity index is 2400. The second-order valence-electron chi connectivity index (χ2n) is 14.2. The molecule has 6 aliphatic heterocycles. The van der Waals surface area contributed by atoms with Crippen molar-refractivity contribution in [3.63, 3.8) is 0 Å². The summed E-state index contributed by atoms with van der Waals surface area (Å²) >= 11 is 0. The van der Waals surface area contributed by atoms with Gasteiger partial charge in [0.05, 0.1) is 0 Å². The number of fused-ring (bicyclic) bond motifs is 4. The van der Waals surface area contributed by atoms with Gasteiger partial charge in [-0.2, -0.15) is 0 Å². The molecule has 0 aliphatic carbocycles. The number of aromatic nitrogens is 2. The summed E-state index contributed by atoms with van der Waals surface area (Å²) in [4.78, 5) is 84.0. The monoisotopic (exact) mass is 740 g/mol. The number of allylic oxidation sites excluding steroid dienone is 8. The fraction of sp³-hybridized carbons (Fsp3) is 0.200. The first-order chi connectivity index (χ1) is 26.5. The summed E-state index contributed by atoms with van der Waals surface area (Å²) in [5.74, 6) is -3.72. The summed E-state index contributed by atoms with van der Waals surface area (Å²) in [6, 6.07) is 16.1. The Labute approximate surface area is 312 Å². The maximum absolute atomic E-state index is 16.1. The molecule has 6 amide bonds. The first kappa shape index (κ1) is 34.0. The number of likely N-dealkylation sites (tertiary alicyclic amines) is 2. The quantitative estimate of drug-likeness (QED) is 0.300. The summed E-state index contributed by atoms with van der Waals surface area (Å²) in [6.07, 6.45) is 9.76. The fourth-order valence-electron chi connectivity index (χ4n) is 9.13. The van der Waals surface area contributed by atoms with Gasteiger partial charge in [-0.15, -0.1) is 8.97 Å². The van der Waals surface area contributed by atoms with E-state index in [0.29, 0.717) is 38.2 Å². The van der Waals surface area contributed by atoms with E-state index in [1.807, 2.05) is 30.3 Å². The van der Waals surface area contributed by atoms with Crippen LogP contribution in [0, 0.1) is 5.92 Å². The minimum atomic E-state index is -2.00. The summed E-state index contributed by atoms with van der Waals surface area (Å²) in [5.41, 5.74) is 0.836. The van der Waals surface area contributed by atoms with Crippen molar-refractivity contribution >= 4 is 47.8 Å². The van der Waals surface area contributed by atoms with Crippen LogP contribution >= 0.6 is 0 Å². The highest BCUT2D eigenvalue weighted by Gasteiger charge is 2.72. The smallest absolute Gasteiger partial charge is 0.447 e. The third-order valence-corrected chi connectivity index (χ3v) is 11.5. The summed E-state index contributed by atoms with van der Waals surface area (Å²) in [6.45, 7) is 0. The largest absolute Gasteiger partial charge is 0.465 e. The van der Waals surface area contributed by atoms with Crippen molar-refractivity contribution in [2.24, 2.45) is 5.92 Å². The molecule has 6 aliphatic rings. The normalized spacial score (nSPS) is 25.0. The van der Waals surface area contributed by atoms with Crippen LogP contribution < -0.4 is 8.97 Å². The average Bonchev–Trinajstić information content (AvgIpc) is 4.06. The Morgan fingerprint density at radius 1 is 0.727 bits per heavy atom. The molecule has 7 heterocycles. The zero-order valence-corrected chi connectivity index (χ0v) is 29.0. The highest BCUT2D eigenvalue weighted by Crippen LogP contribution is 2.53. The van der Waals surface area contributed by atoms with Crippen LogP contribution in [0.5, 0.6) is 0 Å². The molecular weight excluding hydrogens is 708 g/mol. The molecule has 1 unspecified atom stereocenters. The number of benzene rings is 2. The minimum Gasteiger partial charge on any atom is -0.465 e. The van der Waals surface area contributed by atoms with Crippen LogP contribution in [0.1, 0.15) is 30.4 Å². The van der Waals surface area contributed by atoms with Gasteiger partial charge in [-0.1, -0.05) is 60.7 Å². The zero-order chi connectivity index (χ0) is 38.3. The topological polar surface area (TPSA) is 188 Å². The Morgan fingerprint density at radius 3 is 1.78 bits per heavy atom. The maximum Gasteiger partial charge on any atom is 0.447 e. The van der Waals surface area contributed by atoms with E-state index in [1.165, 1.54) is 0 Å². The number of imide groups is 2. The lowest BCUT2D eigenvalue weighted by Gasteiger charge is -2.41. The van der Waals surface area contributed by atoms with Gasteiger partial charge < -0.3 is 14.6 Å². The lowest BCUT2D eigenvalue weighted by Crippen LogP contribution is -2.68. The van der Waals surface area contributed by atoms with Crippen LogP contribution in [0.2, 0.25) is 0 Å². The van der Waals surface area contributed by atoms with Crippen LogP contribution in [-0.2, 0) is 32.0 Å². The number of rotatable bonds is 8. The average molecular weight is 741 g/mol. The number of hydrogen-bond donors (Lipinski definition) is 2. The van der Waals surface area contributed by atoms with Gasteiger partial charge in [0, 0.05) is 73.8 Å². The second-order valence-corrected chi connectivity index (χ2v) is 14.2. The standard InChI is InChI=1S/C40H30N6O9/c47-32-20-19-31(43(32)38(51)52)34(49)45(27-11-12-28(45)14-13-27)36-41-42-37(55-36)46(29-15-16-30(46)18-17-29)35(50)40(23-25-9-5-2-6-10-25)26(21-24-7-3-1-4-8-24)22-33(48)44(40)39(53)54/h1-18,26,31H,19-23H2/p+2/t26?,31-,40-/m0/s1. The molecule has 15 heteroatoms. The number of amides is 6. The van der Waals surface area contributed by atoms with Crippen LogP contribution in [-0.4, -0.2) is 77.6 Å². The molecule has 274 valence electrons. The third kappa shape index (κ3) is 4.50. The first-order valence-electron chi connectivity index (χ1n) is 17.7. The van der Waals surface area contributed by atoms with E-state index in [2.05, 4.69) is 10.2 Å². The van der Waals surface area contributed by atoms with Gasteiger partial charge in [-0.25, -0.2) is 29.0 Å². The van der Waals surface area contributed by atoms with Gasteiger partial charge in [-0.05, 0) is 34.2 Å². The van der Waals surface area contributed by atoms with Gasteiger partial charge in [0.1, 0.15) is 0 Å². The molecule has 0 spiro atoms. The Hall–Kier alpha value is -6.84. The molecule has 2 aromatic carbocycles. The molecule has 15 nitrogen and oxygen atoms in total. The molecule has 0 radical (unpaired) electrons. The highest BCUT2D eigenvalue weighted by atomic mass is 16.4. The number of hydrogen-bond acceptors (Lipinski definition) is 9. The van der Waals surface area contributed by atoms with Crippen LogP contribution in [0.15, 0.2) is 136 Å². The van der Waals surface area contributed by atoms with E-state index in [1.54, 1.807) is 78.9 Å². The molecule has 3 atom stereocenters. The van der Waals surface area contributed by atoms with Crippen molar-refractivity contribution in [3.8, 4) is 0 Å². The lowest BCUT2D eigenvalue weighted by atomic mass is 9.74. The molecule has 4 bridgehead atoms. The van der Waals surface area contributed by atoms with E-state index in [0.717, 1.165) is 5.56 Å². The summed E-state index contributed by atoms with van der Waals surface area (Å²) in [7, 11) is 0. The van der Waals surface area contributed by atoms with Gasteiger partial charge in [0.2, 0.25) is 11.8 Å². The molecule has 0 saturated carbocycles. The van der Waals surface area contributed by atoms with Crippen LogP contribution in [0.4, 0.5) is 21.6 Å². The minimum absolute atomic E-state index is 0.0580. The fourth-order valence-corrected chi connectivity index (χ4v) is 9.13. The van der Waals surface area contributed by atoms with Crippen molar-refractivity contribution in [2.45, 2.75) is 43.7 Å². The molecule has 55 heavy (non-hydrogen) atoms. The van der Waals surface area contributed by atoms with Crippen molar-refractivity contribution in [1.29, 1.82) is 0 Å². The molecule has 9 rings (SSSR count). The maximum atomic E-state index is 16.1. The molecule has 2 saturated heterocycles. The predicted molar refractivity (Wildman–Crippen MR) is 192 cm³/mol.